The molecule has 1 amide bonds. The van der Waals surface area contributed by atoms with Crippen LogP contribution in [0.4, 0.5) is 10.2 Å². The number of halogens is 1. The minimum atomic E-state index is -1.23. The van der Waals surface area contributed by atoms with Crippen molar-refractivity contribution >= 4 is 17.7 Å². The van der Waals surface area contributed by atoms with Gasteiger partial charge in [0.2, 0.25) is 5.91 Å². The SMILES string of the molecule is COc1cc(-c2onc(NCC3CC(=O)N(C(C)(C)C)C3)c2C(=O)O)ccc1F. The monoisotopic (exact) mass is 405 g/mol. The maximum Gasteiger partial charge on any atom is 0.343 e. The van der Waals surface area contributed by atoms with Crippen LogP contribution in [0.5, 0.6) is 5.75 Å². The summed E-state index contributed by atoms with van der Waals surface area (Å²) < 4.78 is 23.8. The molecule has 1 atom stereocenters. The van der Waals surface area contributed by atoms with Gasteiger partial charge in [-0.3, -0.25) is 4.79 Å². The molecule has 0 bridgehead atoms. The zero-order chi connectivity index (χ0) is 21.3. The van der Waals surface area contributed by atoms with Crippen LogP contribution in [0.1, 0.15) is 37.6 Å². The van der Waals surface area contributed by atoms with Crippen LogP contribution in [0.3, 0.4) is 0 Å². The lowest BCUT2D eigenvalue weighted by Gasteiger charge is -2.32. The Morgan fingerprint density at radius 3 is 2.76 bits per heavy atom. The van der Waals surface area contributed by atoms with E-state index in [-0.39, 0.29) is 40.3 Å². The molecule has 1 aliphatic rings. The first-order valence-electron chi connectivity index (χ1n) is 9.23. The summed E-state index contributed by atoms with van der Waals surface area (Å²) in [5.41, 5.74) is -0.0902. The summed E-state index contributed by atoms with van der Waals surface area (Å²) >= 11 is 0. The molecule has 3 rings (SSSR count). The highest BCUT2D eigenvalue weighted by molar-refractivity contribution is 5.99. The first kappa shape index (κ1) is 20.6. The van der Waals surface area contributed by atoms with E-state index in [9.17, 15) is 19.1 Å². The Hall–Kier alpha value is -3.10. The number of aromatic nitrogens is 1. The summed E-state index contributed by atoms with van der Waals surface area (Å²) in [4.78, 5) is 25.9. The van der Waals surface area contributed by atoms with Gasteiger partial charge in [0.25, 0.3) is 0 Å². The van der Waals surface area contributed by atoms with Crippen molar-refractivity contribution in [2.75, 3.05) is 25.5 Å². The number of ether oxygens (including phenoxy) is 1. The summed E-state index contributed by atoms with van der Waals surface area (Å²) in [6, 6.07) is 3.91. The van der Waals surface area contributed by atoms with Gasteiger partial charge in [-0.15, -0.1) is 0 Å². The third-order valence-electron chi connectivity index (χ3n) is 4.89. The number of nitrogens with one attached hydrogen (secondary N) is 1. The number of aromatic carboxylic acids is 1. The van der Waals surface area contributed by atoms with Crippen LogP contribution >= 0.6 is 0 Å². The molecular formula is C20H24FN3O5. The Labute approximate surface area is 167 Å². The Morgan fingerprint density at radius 1 is 1.45 bits per heavy atom. The molecular weight excluding hydrogens is 381 g/mol. The summed E-state index contributed by atoms with van der Waals surface area (Å²) in [5.74, 6) is -1.67. The average Bonchev–Trinajstić information content (AvgIpc) is 3.23. The number of nitrogens with zero attached hydrogens (tertiary/aromatic N) is 2. The number of carbonyl (C=O) groups is 2. The van der Waals surface area contributed by atoms with Gasteiger partial charge in [-0.25, -0.2) is 9.18 Å². The van der Waals surface area contributed by atoms with Crippen molar-refractivity contribution in [1.29, 1.82) is 0 Å². The molecule has 9 heteroatoms. The van der Waals surface area contributed by atoms with E-state index in [4.69, 9.17) is 9.26 Å². The van der Waals surface area contributed by atoms with Gasteiger partial charge in [0, 0.05) is 36.5 Å². The fourth-order valence-corrected chi connectivity index (χ4v) is 3.41. The quantitative estimate of drug-likeness (QED) is 0.760. The molecule has 2 aromatic rings. The van der Waals surface area contributed by atoms with Crippen molar-refractivity contribution in [3.63, 3.8) is 0 Å². The van der Waals surface area contributed by atoms with Crippen LogP contribution in [-0.4, -0.2) is 52.8 Å². The second-order valence-corrected chi connectivity index (χ2v) is 8.02. The van der Waals surface area contributed by atoms with Crippen LogP contribution in [0.15, 0.2) is 22.7 Å². The number of amides is 1. The van der Waals surface area contributed by atoms with E-state index in [0.717, 1.165) is 0 Å². The van der Waals surface area contributed by atoms with Gasteiger partial charge in [0.1, 0.15) is 0 Å². The number of carboxylic acids is 1. The molecule has 1 unspecified atom stereocenters. The molecule has 8 nitrogen and oxygen atoms in total. The Bertz CT molecular complexity index is 935. The maximum absolute atomic E-state index is 13.7. The molecule has 1 aromatic heterocycles. The topological polar surface area (TPSA) is 105 Å². The summed E-state index contributed by atoms with van der Waals surface area (Å²) in [7, 11) is 1.32. The molecule has 0 aliphatic carbocycles. The lowest BCUT2D eigenvalue weighted by Crippen LogP contribution is -2.42. The highest BCUT2D eigenvalue weighted by Crippen LogP contribution is 2.33. The van der Waals surface area contributed by atoms with E-state index in [0.29, 0.717) is 25.1 Å². The van der Waals surface area contributed by atoms with Gasteiger partial charge in [-0.1, -0.05) is 5.16 Å². The highest BCUT2D eigenvalue weighted by Gasteiger charge is 2.36. The van der Waals surface area contributed by atoms with Crippen LogP contribution in [0, 0.1) is 11.7 Å². The van der Waals surface area contributed by atoms with Gasteiger partial charge in [-0.2, -0.15) is 0 Å². The number of carboxylic acid groups (broad SMARTS) is 1. The Balaban J connectivity index is 1.80. The maximum atomic E-state index is 13.7. The number of hydrogen-bond donors (Lipinski definition) is 2. The van der Waals surface area contributed by atoms with Crippen LogP contribution in [0.25, 0.3) is 11.3 Å². The minimum Gasteiger partial charge on any atom is -0.494 e. The molecule has 0 radical (unpaired) electrons. The lowest BCUT2D eigenvalue weighted by molar-refractivity contribution is -0.131. The van der Waals surface area contributed by atoms with Crippen LogP contribution in [-0.2, 0) is 4.79 Å². The predicted molar refractivity (Wildman–Crippen MR) is 103 cm³/mol. The first-order chi connectivity index (χ1) is 13.6. The Morgan fingerprint density at radius 2 is 2.17 bits per heavy atom. The second-order valence-electron chi connectivity index (χ2n) is 8.02. The predicted octanol–water partition coefficient (Wildman–Crippen LogP) is 3.25. The number of anilines is 1. The third-order valence-corrected chi connectivity index (χ3v) is 4.89. The molecule has 2 heterocycles. The van der Waals surface area contributed by atoms with Gasteiger partial charge in [-0.05, 0) is 39.0 Å². The average molecular weight is 405 g/mol. The van der Waals surface area contributed by atoms with Crippen molar-refractivity contribution in [1.82, 2.24) is 10.1 Å². The summed E-state index contributed by atoms with van der Waals surface area (Å²) in [6.07, 6.45) is 0.381. The van der Waals surface area contributed by atoms with Crippen molar-refractivity contribution in [2.24, 2.45) is 5.92 Å². The minimum absolute atomic E-state index is 0.00267. The standard InChI is InChI=1S/C20H24FN3O5/c1-20(2,3)24-10-11(7-15(24)25)9-22-18-16(19(26)27)17(29-23-18)12-5-6-13(21)14(8-12)28-4/h5-6,8,11H,7,9-10H2,1-4H3,(H,22,23)(H,26,27). The number of methoxy groups -OCH3 is 1. The van der Waals surface area contributed by atoms with E-state index in [1.165, 1.54) is 25.3 Å². The zero-order valence-electron chi connectivity index (χ0n) is 16.8. The number of hydrogen-bond acceptors (Lipinski definition) is 6. The van der Waals surface area contributed by atoms with E-state index >= 15 is 0 Å². The van der Waals surface area contributed by atoms with Crippen molar-refractivity contribution in [3.8, 4) is 17.1 Å². The fourth-order valence-electron chi connectivity index (χ4n) is 3.41. The van der Waals surface area contributed by atoms with Crippen LogP contribution in [0.2, 0.25) is 0 Å². The van der Waals surface area contributed by atoms with Gasteiger partial charge in [0.05, 0.1) is 7.11 Å². The van der Waals surface area contributed by atoms with Gasteiger partial charge < -0.3 is 24.6 Å². The number of carbonyl (C=O) groups excluding carboxylic acids is 1. The molecule has 1 fully saturated rings. The zero-order valence-corrected chi connectivity index (χ0v) is 16.8. The van der Waals surface area contributed by atoms with Crippen molar-refractivity contribution in [2.45, 2.75) is 32.7 Å². The number of rotatable bonds is 6. The van der Waals surface area contributed by atoms with E-state index in [2.05, 4.69) is 10.5 Å². The molecule has 1 aliphatic heterocycles. The van der Waals surface area contributed by atoms with E-state index in [1.54, 1.807) is 0 Å². The molecule has 156 valence electrons. The molecule has 0 spiro atoms. The number of benzene rings is 1. The molecule has 0 saturated carbocycles. The van der Waals surface area contributed by atoms with Gasteiger partial charge in [0.15, 0.2) is 28.7 Å². The first-order valence-corrected chi connectivity index (χ1v) is 9.23. The molecule has 1 aromatic carbocycles. The molecule has 2 N–H and O–H groups in total. The van der Waals surface area contributed by atoms with Crippen LogP contribution < -0.4 is 10.1 Å². The summed E-state index contributed by atoms with van der Waals surface area (Å²) in [5, 5.41) is 16.5. The molecule has 29 heavy (non-hydrogen) atoms. The molecule has 1 saturated heterocycles. The fraction of sp³-hybridized carbons (Fsp3) is 0.450. The van der Waals surface area contributed by atoms with E-state index < -0.39 is 11.8 Å². The highest BCUT2D eigenvalue weighted by atomic mass is 19.1. The second kappa shape index (κ2) is 7.73. The van der Waals surface area contributed by atoms with Crippen molar-refractivity contribution in [3.05, 3.63) is 29.6 Å². The lowest BCUT2D eigenvalue weighted by atomic mass is 10.1. The largest absolute Gasteiger partial charge is 0.494 e. The normalized spacial score (nSPS) is 16.9. The van der Waals surface area contributed by atoms with Crippen molar-refractivity contribution < 1.29 is 28.3 Å². The Kier molecular flexibility index (Phi) is 5.50. The third kappa shape index (κ3) is 4.18. The number of likely N-dealkylation sites (tertiary alicyclic amines) is 1. The van der Waals surface area contributed by atoms with Gasteiger partial charge >= 0.3 is 5.97 Å². The summed E-state index contributed by atoms with van der Waals surface area (Å²) in [6.45, 7) is 6.88. The van der Waals surface area contributed by atoms with E-state index in [1.807, 2.05) is 25.7 Å². The smallest absolute Gasteiger partial charge is 0.343 e.